The van der Waals surface area contributed by atoms with Crippen LogP contribution in [-0.2, 0) is 13.0 Å². The molecule has 0 saturated carbocycles. The van der Waals surface area contributed by atoms with Gasteiger partial charge in [-0.25, -0.2) is 4.98 Å². The van der Waals surface area contributed by atoms with Crippen molar-refractivity contribution < 1.29 is 14.3 Å². The van der Waals surface area contributed by atoms with Crippen LogP contribution >= 0.6 is 0 Å². The summed E-state index contributed by atoms with van der Waals surface area (Å²) in [6, 6.07) is 7.85. The Labute approximate surface area is 160 Å². The molecule has 0 aliphatic carbocycles. The summed E-state index contributed by atoms with van der Waals surface area (Å²) in [5.41, 5.74) is 3.08. The third-order valence-corrected chi connectivity index (χ3v) is 4.87. The molecule has 0 bridgehead atoms. The van der Waals surface area contributed by atoms with Crippen LogP contribution in [0.25, 0.3) is 0 Å². The van der Waals surface area contributed by atoms with E-state index in [-0.39, 0.29) is 5.91 Å². The van der Waals surface area contributed by atoms with E-state index in [1.165, 1.54) is 11.1 Å². The normalized spacial score (nSPS) is 13.1. The second-order valence-corrected chi connectivity index (χ2v) is 6.66. The number of rotatable bonds is 7. The molecule has 1 aromatic heterocycles. The van der Waals surface area contributed by atoms with Crippen LogP contribution in [0.1, 0.15) is 41.3 Å². The molecule has 2 aromatic rings. The largest absolute Gasteiger partial charge is 0.493 e. The van der Waals surface area contributed by atoms with Crippen molar-refractivity contribution in [2.24, 2.45) is 0 Å². The molecule has 27 heavy (non-hydrogen) atoms. The fourth-order valence-electron chi connectivity index (χ4n) is 3.27. The number of nitrogens with one attached hydrogen (secondary N) is 1. The number of nitrogens with zero attached hydrogens (tertiary/aromatic N) is 2. The maximum absolute atomic E-state index is 12.1. The number of anilines is 1. The third kappa shape index (κ3) is 4.32. The van der Waals surface area contributed by atoms with Gasteiger partial charge in [-0.2, -0.15) is 0 Å². The highest BCUT2D eigenvalue weighted by Crippen LogP contribution is 2.34. The van der Waals surface area contributed by atoms with Crippen molar-refractivity contribution in [1.82, 2.24) is 10.3 Å². The SMILES string of the molecule is CCCCNC(=O)c1ccc(N2CCc3cc(OC)c(OC)cc3C2)nc1. The maximum Gasteiger partial charge on any atom is 0.252 e. The summed E-state index contributed by atoms with van der Waals surface area (Å²) in [5, 5.41) is 2.92. The summed E-state index contributed by atoms with van der Waals surface area (Å²) in [5.74, 6) is 2.32. The van der Waals surface area contributed by atoms with Crippen LogP contribution in [0.3, 0.4) is 0 Å². The first kappa shape index (κ1) is 19.0. The Hall–Kier alpha value is -2.76. The summed E-state index contributed by atoms with van der Waals surface area (Å²) in [7, 11) is 3.31. The van der Waals surface area contributed by atoms with Gasteiger partial charge in [0.05, 0.1) is 19.8 Å². The molecule has 0 atom stereocenters. The third-order valence-electron chi connectivity index (χ3n) is 4.87. The van der Waals surface area contributed by atoms with Gasteiger partial charge >= 0.3 is 0 Å². The predicted molar refractivity (Wildman–Crippen MR) is 106 cm³/mol. The van der Waals surface area contributed by atoms with Crippen LogP contribution < -0.4 is 19.7 Å². The summed E-state index contributed by atoms with van der Waals surface area (Å²) >= 11 is 0. The van der Waals surface area contributed by atoms with E-state index in [1.807, 2.05) is 18.2 Å². The molecular formula is C21H27N3O3. The maximum atomic E-state index is 12.1. The Morgan fingerprint density at radius 3 is 2.56 bits per heavy atom. The van der Waals surface area contributed by atoms with E-state index in [4.69, 9.17) is 9.47 Å². The number of amides is 1. The van der Waals surface area contributed by atoms with E-state index >= 15 is 0 Å². The van der Waals surface area contributed by atoms with E-state index in [2.05, 4.69) is 28.2 Å². The lowest BCUT2D eigenvalue weighted by molar-refractivity contribution is 0.0953. The zero-order chi connectivity index (χ0) is 19.2. The predicted octanol–water partition coefficient (Wildman–Crippen LogP) is 3.19. The molecule has 3 rings (SSSR count). The van der Waals surface area contributed by atoms with E-state index in [0.717, 1.165) is 49.7 Å². The van der Waals surface area contributed by atoms with Gasteiger partial charge in [-0.1, -0.05) is 13.3 Å². The molecule has 1 amide bonds. The number of methoxy groups -OCH3 is 2. The van der Waals surface area contributed by atoms with Crippen molar-refractivity contribution in [3.05, 3.63) is 47.2 Å². The van der Waals surface area contributed by atoms with Gasteiger partial charge in [0.2, 0.25) is 0 Å². The molecule has 1 N–H and O–H groups in total. The highest BCUT2D eigenvalue weighted by atomic mass is 16.5. The molecule has 0 spiro atoms. The number of benzene rings is 1. The minimum atomic E-state index is -0.0664. The molecular weight excluding hydrogens is 342 g/mol. The second-order valence-electron chi connectivity index (χ2n) is 6.66. The Kier molecular flexibility index (Phi) is 6.16. The molecule has 0 saturated heterocycles. The van der Waals surface area contributed by atoms with Gasteiger partial charge in [0, 0.05) is 25.8 Å². The quantitative estimate of drug-likeness (QED) is 0.760. The van der Waals surface area contributed by atoms with E-state index in [9.17, 15) is 4.79 Å². The number of carbonyl (C=O) groups is 1. The minimum Gasteiger partial charge on any atom is -0.493 e. The molecule has 2 heterocycles. The lowest BCUT2D eigenvalue weighted by Gasteiger charge is -2.30. The van der Waals surface area contributed by atoms with Gasteiger partial charge in [0.25, 0.3) is 5.91 Å². The van der Waals surface area contributed by atoms with Crippen molar-refractivity contribution >= 4 is 11.7 Å². The molecule has 1 aliphatic rings. The van der Waals surface area contributed by atoms with Crippen molar-refractivity contribution in [3.63, 3.8) is 0 Å². The fraction of sp³-hybridized carbons (Fsp3) is 0.429. The van der Waals surface area contributed by atoms with Crippen LogP contribution in [0.5, 0.6) is 11.5 Å². The Morgan fingerprint density at radius 1 is 1.19 bits per heavy atom. The fourth-order valence-corrected chi connectivity index (χ4v) is 3.27. The molecule has 6 nitrogen and oxygen atoms in total. The van der Waals surface area contributed by atoms with Crippen molar-refractivity contribution in [2.45, 2.75) is 32.7 Å². The van der Waals surface area contributed by atoms with Gasteiger partial charge < -0.3 is 19.7 Å². The van der Waals surface area contributed by atoms with E-state index < -0.39 is 0 Å². The van der Waals surface area contributed by atoms with Crippen LogP contribution in [0.2, 0.25) is 0 Å². The number of unbranched alkanes of at least 4 members (excludes halogenated alkanes) is 1. The standard InChI is InChI=1S/C21H27N3O3/c1-4-5-9-22-21(25)16-6-7-20(23-13-16)24-10-8-15-11-18(26-2)19(27-3)12-17(15)14-24/h6-7,11-13H,4-5,8-10,14H2,1-3H3,(H,22,25). The molecule has 1 aliphatic heterocycles. The summed E-state index contributed by atoms with van der Waals surface area (Å²) in [4.78, 5) is 18.8. The molecule has 0 unspecified atom stereocenters. The van der Waals surface area contributed by atoms with Gasteiger partial charge in [-0.3, -0.25) is 4.79 Å². The van der Waals surface area contributed by atoms with Crippen LogP contribution in [-0.4, -0.2) is 38.2 Å². The first-order chi connectivity index (χ1) is 13.2. The molecule has 1 aromatic carbocycles. The average molecular weight is 369 g/mol. The van der Waals surface area contributed by atoms with Gasteiger partial charge in [0.15, 0.2) is 11.5 Å². The summed E-state index contributed by atoms with van der Waals surface area (Å²) in [6.07, 6.45) is 4.61. The zero-order valence-corrected chi connectivity index (χ0v) is 16.2. The molecule has 0 fully saturated rings. The van der Waals surface area contributed by atoms with Crippen molar-refractivity contribution in [3.8, 4) is 11.5 Å². The zero-order valence-electron chi connectivity index (χ0n) is 16.2. The van der Waals surface area contributed by atoms with Crippen LogP contribution in [0.4, 0.5) is 5.82 Å². The first-order valence-electron chi connectivity index (χ1n) is 9.39. The Bertz CT molecular complexity index is 790. The van der Waals surface area contributed by atoms with E-state index in [0.29, 0.717) is 12.1 Å². The lowest BCUT2D eigenvalue weighted by Crippen LogP contribution is -2.31. The number of fused-ring (bicyclic) bond motifs is 1. The number of ether oxygens (including phenoxy) is 2. The average Bonchev–Trinajstić information content (AvgIpc) is 2.72. The van der Waals surface area contributed by atoms with Crippen LogP contribution in [0, 0.1) is 0 Å². The van der Waals surface area contributed by atoms with E-state index in [1.54, 1.807) is 20.4 Å². The summed E-state index contributed by atoms with van der Waals surface area (Å²) < 4.78 is 10.8. The first-order valence-corrected chi connectivity index (χ1v) is 9.39. The van der Waals surface area contributed by atoms with Crippen molar-refractivity contribution in [2.75, 3.05) is 32.2 Å². The van der Waals surface area contributed by atoms with Gasteiger partial charge in [-0.05, 0) is 48.2 Å². The molecule has 6 heteroatoms. The monoisotopic (exact) mass is 369 g/mol. The highest BCUT2D eigenvalue weighted by Gasteiger charge is 2.20. The number of hydrogen-bond donors (Lipinski definition) is 1. The van der Waals surface area contributed by atoms with Crippen molar-refractivity contribution in [1.29, 1.82) is 0 Å². The van der Waals surface area contributed by atoms with Gasteiger partial charge in [0.1, 0.15) is 5.82 Å². The molecule has 0 radical (unpaired) electrons. The lowest BCUT2D eigenvalue weighted by atomic mass is 9.98. The van der Waals surface area contributed by atoms with Crippen LogP contribution in [0.15, 0.2) is 30.5 Å². The Morgan fingerprint density at radius 2 is 1.93 bits per heavy atom. The summed E-state index contributed by atoms with van der Waals surface area (Å²) in [6.45, 7) is 4.43. The highest BCUT2D eigenvalue weighted by molar-refractivity contribution is 5.94. The smallest absolute Gasteiger partial charge is 0.252 e. The second kappa shape index (κ2) is 8.75. The number of aromatic nitrogens is 1. The minimum absolute atomic E-state index is 0.0664. The Balaban J connectivity index is 1.70. The van der Waals surface area contributed by atoms with Gasteiger partial charge in [-0.15, -0.1) is 0 Å². The topological polar surface area (TPSA) is 63.7 Å². The molecule has 144 valence electrons. The number of hydrogen-bond acceptors (Lipinski definition) is 5. The number of pyridine rings is 1. The number of carbonyl (C=O) groups excluding carboxylic acids is 1.